The second-order valence-electron chi connectivity index (χ2n) is 3.58. The van der Waals surface area contributed by atoms with Gasteiger partial charge in [0.1, 0.15) is 11.6 Å². The summed E-state index contributed by atoms with van der Waals surface area (Å²) in [5.74, 6) is -2.16. The lowest BCUT2D eigenvalue weighted by molar-refractivity contribution is -0.117. The molecule has 1 unspecified atom stereocenters. The van der Waals surface area contributed by atoms with E-state index in [0.29, 0.717) is 6.07 Å². The van der Waals surface area contributed by atoms with E-state index >= 15 is 0 Å². The van der Waals surface area contributed by atoms with Gasteiger partial charge in [0, 0.05) is 6.07 Å². The van der Waals surface area contributed by atoms with Crippen molar-refractivity contribution in [1.82, 2.24) is 0 Å². The number of amides is 1. The van der Waals surface area contributed by atoms with Gasteiger partial charge in [-0.05, 0) is 6.07 Å². The fourth-order valence-corrected chi connectivity index (χ4v) is 1.80. The number of hydrogen-bond donors (Lipinski definition) is 1. The van der Waals surface area contributed by atoms with E-state index in [9.17, 15) is 18.7 Å². The molecule has 1 aliphatic heterocycles. The summed E-state index contributed by atoms with van der Waals surface area (Å²) >= 11 is 5.51. The van der Waals surface area contributed by atoms with Gasteiger partial charge in [-0.25, -0.2) is 8.78 Å². The van der Waals surface area contributed by atoms with Crippen LogP contribution in [0, 0.1) is 11.6 Å². The normalized spacial score (nSPS) is 20.6. The van der Waals surface area contributed by atoms with Crippen LogP contribution in [0.4, 0.5) is 14.5 Å². The first kappa shape index (κ1) is 11.3. The Morgan fingerprint density at radius 1 is 1.38 bits per heavy atom. The average molecular weight is 248 g/mol. The van der Waals surface area contributed by atoms with Crippen LogP contribution in [0.2, 0.25) is 5.02 Å². The first-order valence-corrected chi connectivity index (χ1v) is 5.00. The third kappa shape index (κ3) is 1.88. The Morgan fingerprint density at radius 2 is 2.06 bits per heavy atom. The molecule has 1 aromatic rings. The number of benzene rings is 1. The first-order chi connectivity index (χ1) is 7.49. The molecular weight excluding hydrogens is 240 g/mol. The van der Waals surface area contributed by atoms with Crippen molar-refractivity contribution < 1.29 is 18.7 Å². The predicted molar refractivity (Wildman–Crippen MR) is 54.3 cm³/mol. The van der Waals surface area contributed by atoms with Crippen molar-refractivity contribution in [3.63, 3.8) is 0 Å². The van der Waals surface area contributed by atoms with Crippen molar-refractivity contribution in [2.45, 2.75) is 12.5 Å². The smallest absolute Gasteiger partial charge is 0.229 e. The van der Waals surface area contributed by atoms with E-state index < -0.39 is 23.6 Å². The summed E-state index contributed by atoms with van der Waals surface area (Å²) in [5.41, 5.74) is -0.104. The van der Waals surface area contributed by atoms with Gasteiger partial charge in [-0.2, -0.15) is 0 Å². The number of hydrogen-bond acceptors (Lipinski definition) is 2. The van der Waals surface area contributed by atoms with Gasteiger partial charge < -0.3 is 10.0 Å². The van der Waals surface area contributed by atoms with E-state index in [1.807, 2.05) is 0 Å². The molecule has 1 fully saturated rings. The lowest BCUT2D eigenvalue weighted by Gasteiger charge is -2.17. The highest BCUT2D eigenvalue weighted by Gasteiger charge is 2.31. The number of nitrogens with zero attached hydrogens (tertiary/aromatic N) is 1. The molecular formula is C10H8ClF2NO2. The van der Waals surface area contributed by atoms with Gasteiger partial charge in [0.25, 0.3) is 0 Å². The van der Waals surface area contributed by atoms with E-state index in [-0.39, 0.29) is 23.7 Å². The summed E-state index contributed by atoms with van der Waals surface area (Å²) in [6, 6.07) is 1.66. The third-order valence-corrected chi connectivity index (χ3v) is 2.67. The zero-order valence-electron chi connectivity index (χ0n) is 8.08. The topological polar surface area (TPSA) is 40.5 Å². The number of anilines is 1. The maximum Gasteiger partial charge on any atom is 0.229 e. The van der Waals surface area contributed by atoms with Crippen molar-refractivity contribution in [1.29, 1.82) is 0 Å². The predicted octanol–water partition coefficient (Wildman–Crippen LogP) is 1.72. The van der Waals surface area contributed by atoms with E-state index in [2.05, 4.69) is 0 Å². The highest BCUT2D eigenvalue weighted by molar-refractivity contribution is 6.31. The fraction of sp³-hybridized carbons (Fsp3) is 0.300. The molecule has 0 radical (unpaired) electrons. The highest BCUT2D eigenvalue weighted by atomic mass is 35.5. The van der Waals surface area contributed by atoms with Gasteiger partial charge in [-0.1, -0.05) is 11.6 Å². The SMILES string of the molecule is O=C1CC(O)CN1c1cc(Cl)c(F)cc1F. The monoisotopic (exact) mass is 247 g/mol. The molecule has 1 aliphatic rings. The molecule has 1 aromatic carbocycles. The largest absolute Gasteiger partial charge is 0.391 e. The number of carbonyl (C=O) groups excluding carboxylic acids is 1. The molecule has 0 saturated carbocycles. The van der Waals surface area contributed by atoms with Gasteiger partial charge in [0.15, 0.2) is 0 Å². The molecule has 86 valence electrons. The molecule has 3 nitrogen and oxygen atoms in total. The Labute approximate surface area is 95.2 Å². The number of carbonyl (C=O) groups is 1. The Kier molecular flexibility index (Phi) is 2.82. The first-order valence-electron chi connectivity index (χ1n) is 4.62. The van der Waals surface area contributed by atoms with Crippen LogP contribution >= 0.6 is 11.6 Å². The maximum atomic E-state index is 13.4. The Morgan fingerprint density at radius 3 is 2.62 bits per heavy atom. The fourth-order valence-electron chi connectivity index (χ4n) is 1.64. The van der Waals surface area contributed by atoms with Crippen LogP contribution in [0.5, 0.6) is 0 Å². The zero-order valence-corrected chi connectivity index (χ0v) is 8.84. The van der Waals surface area contributed by atoms with E-state index in [0.717, 1.165) is 11.0 Å². The van der Waals surface area contributed by atoms with Gasteiger partial charge in [0.05, 0.1) is 29.8 Å². The number of halogens is 3. The van der Waals surface area contributed by atoms with Crippen LogP contribution in [0.1, 0.15) is 6.42 Å². The van der Waals surface area contributed by atoms with Gasteiger partial charge >= 0.3 is 0 Å². The summed E-state index contributed by atoms with van der Waals surface area (Å²) in [4.78, 5) is 12.5. The van der Waals surface area contributed by atoms with E-state index in [1.165, 1.54) is 0 Å². The molecule has 0 spiro atoms. The second kappa shape index (κ2) is 3.99. The molecule has 2 rings (SSSR count). The van der Waals surface area contributed by atoms with Crippen LogP contribution in [0.25, 0.3) is 0 Å². The second-order valence-corrected chi connectivity index (χ2v) is 3.99. The number of rotatable bonds is 1. The Balaban J connectivity index is 2.41. The molecule has 16 heavy (non-hydrogen) atoms. The number of aliphatic hydroxyl groups excluding tert-OH is 1. The standard InChI is InChI=1S/C10H8ClF2NO2/c11-6-2-9(8(13)3-7(6)12)14-4-5(15)1-10(14)16/h2-3,5,15H,1,4H2. The molecule has 1 saturated heterocycles. The quantitative estimate of drug-likeness (QED) is 0.768. The van der Waals surface area contributed by atoms with Crippen molar-refractivity contribution in [3.8, 4) is 0 Å². The zero-order chi connectivity index (χ0) is 11.9. The summed E-state index contributed by atoms with van der Waals surface area (Å²) in [6.07, 6.45) is -0.884. The van der Waals surface area contributed by atoms with E-state index in [1.54, 1.807) is 0 Å². The van der Waals surface area contributed by atoms with Crippen molar-refractivity contribution in [2.75, 3.05) is 11.4 Å². The number of aliphatic hydroxyl groups is 1. The molecule has 1 N–H and O–H groups in total. The third-order valence-electron chi connectivity index (χ3n) is 2.39. The molecule has 6 heteroatoms. The summed E-state index contributed by atoms with van der Waals surface area (Å²) in [6.45, 7) is -0.00227. The van der Waals surface area contributed by atoms with Gasteiger partial charge in [-0.15, -0.1) is 0 Å². The van der Waals surface area contributed by atoms with Crippen molar-refractivity contribution in [3.05, 3.63) is 28.8 Å². The molecule has 0 aliphatic carbocycles. The molecule has 0 aromatic heterocycles. The van der Waals surface area contributed by atoms with Crippen LogP contribution in [-0.4, -0.2) is 23.7 Å². The summed E-state index contributed by atoms with van der Waals surface area (Å²) in [5, 5.41) is 9.00. The minimum atomic E-state index is -0.880. The Bertz CT molecular complexity index is 453. The van der Waals surface area contributed by atoms with Crippen molar-refractivity contribution >= 4 is 23.2 Å². The van der Waals surface area contributed by atoms with Gasteiger partial charge in [0.2, 0.25) is 5.91 Å². The highest BCUT2D eigenvalue weighted by Crippen LogP contribution is 2.29. The molecule has 0 bridgehead atoms. The summed E-state index contributed by atoms with van der Waals surface area (Å²) in [7, 11) is 0. The van der Waals surface area contributed by atoms with E-state index in [4.69, 9.17) is 11.6 Å². The van der Waals surface area contributed by atoms with Crippen molar-refractivity contribution in [2.24, 2.45) is 0 Å². The maximum absolute atomic E-state index is 13.4. The van der Waals surface area contributed by atoms with Crippen LogP contribution < -0.4 is 4.90 Å². The van der Waals surface area contributed by atoms with Crippen LogP contribution in [0.15, 0.2) is 12.1 Å². The lowest BCUT2D eigenvalue weighted by atomic mass is 10.2. The number of β-amino-alcohol motifs (C(OH)–C–C–N with tert-alkyl or cyclic N) is 1. The molecule has 1 amide bonds. The summed E-state index contributed by atoms with van der Waals surface area (Å²) < 4.78 is 26.3. The molecule has 1 atom stereocenters. The van der Waals surface area contributed by atoms with Crippen LogP contribution in [0.3, 0.4) is 0 Å². The lowest BCUT2D eigenvalue weighted by Crippen LogP contribution is -2.26. The Hall–Kier alpha value is -1.20. The van der Waals surface area contributed by atoms with Crippen LogP contribution in [-0.2, 0) is 4.79 Å². The molecule has 1 heterocycles. The average Bonchev–Trinajstić information content (AvgIpc) is 2.51. The van der Waals surface area contributed by atoms with Gasteiger partial charge in [-0.3, -0.25) is 4.79 Å². The minimum absolute atomic E-state index is 0.00227. The minimum Gasteiger partial charge on any atom is -0.391 e.